The van der Waals surface area contributed by atoms with Crippen molar-refractivity contribution in [3.63, 3.8) is 0 Å². The molecule has 1 N–H and O–H groups in total. The lowest BCUT2D eigenvalue weighted by Crippen LogP contribution is -2.52. The number of amides is 2. The molecule has 2 amide bonds. The fraction of sp³-hybridized carbons (Fsp3) is 0.481. The third-order valence-electron chi connectivity index (χ3n) is 6.87. The molecule has 1 atom stereocenters. The lowest BCUT2D eigenvalue weighted by Gasteiger charge is -2.32. The Morgan fingerprint density at radius 2 is 1.71 bits per heavy atom. The van der Waals surface area contributed by atoms with Crippen LogP contribution in [0.15, 0.2) is 42.5 Å². The molecule has 4 rings (SSSR count). The molecule has 1 aliphatic heterocycles. The van der Waals surface area contributed by atoms with Gasteiger partial charge in [-0.15, -0.1) is 0 Å². The number of carbonyl (C=O) groups is 2. The molecular weight excluding hydrogens is 510 g/mol. The highest BCUT2D eigenvalue weighted by Crippen LogP contribution is 2.34. The number of methoxy groups -OCH3 is 1. The van der Waals surface area contributed by atoms with Crippen LogP contribution in [-0.4, -0.2) is 70.3 Å². The van der Waals surface area contributed by atoms with E-state index in [1.54, 1.807) is 44.4 Å². The van der Waals surface area contributed by atoms with E-state index in [0.717, 1.165) is 41.8 Å². The minimum absolute atomic E-state index is 0.0909. The molecule has 0 aromatic heterocycles. The van der Waals surface area contributed by atoms with E-state index in [1.165, 1.54) is 4.90 Å². The van der Waals surface area contributed by atoms with E-state index in [9.17, 15) is 18.0 Å². The predicted molar refractivity (Wildman–Crippen MR) is 143 cm³/mol. The fourth-order valence-electron chi connectivity index (χ4n) is 4.70. The van der Waals surface area contributed by atoms with Crippen molar-refractivity contribution in [1.82, 2.24) is 10.2 Å². The largest absolute Gasteiger partial charge is 0.497 e. The molecule has 2 aliphatic rings. The summed E-state index contributed by atoms with van der Waals surface area (Å²) in [6.07, 6.45) is 4.99. The lowest BCUT2D eigenvalue weighted by molar-refractivity contribution is -0.139. The number of hydrogen-bond acceptors (Lipinski definition) is 7. The van der Waals surface area contributed by atoms with E-state index >= 15 is 0 Å². The van der Waals surface area contributed by atoms with Gasteiger partial charge in [0.2, 0.25) is 21.8 Å². The normalized spacial score (nSPS) is 16.0. The van der Waals surface area contributed by atoms with E-state index < -0.39 is 28.5 Å². The molecular formula is C27H35N3O7S. The SMILES string of the molecule is COc1ccc(CN(C(=O)CN(c2ccc3c(c2)OCCO3)S(C)(=O)=O)C(C)C(=O)NC2CCCC2)cc1. The maximum atomic E-state index is 13.7. The molecule has 10 nitrogen and oxygen atoms in total. The van der Waals surface area contributed by atoms with E-state index in [4.69, 9.17) is 14.2 Å². The van der Waals surface area contributed by atoms with E-state index in [0.29, 0.717) is 30.5 Å². The van der Waals surface area contributed by atoms with Crippen LogP contribution in [0.4, 0.5) is 5.69 Å². The van der Waals surface area contributed by atoms with Gasteiger partial charge < -0.3 is 24.4 Å². The van der Waals surface area contributed by atoms with Crippen molar-refractivity contribution >= 4 is 27.5 Å². The van der Waals surface area contributed by atoms with Gasteiger partial charge in [-0.25, -0.2) is 8.42 Å². The summed E-state index contributed by atoms with van der Waals surface area (Å²) in [6.45, 7) is 2.07. The van der Waals surface area contributed by atoms with Crippen LogP contribution in [0.2, 0.25) is 0 Å². The Balaban J connectivity index is 1.59. The van der Waals surface area contributed by atoms with Crippen LogP contribution in [0.5, 0.6) is 17.2 Å². The number of nitrogens with one attached hydrogen (secondary N) is 1. The molecule has 0 radical (unpaired) electrons. The summed E-state index contributed by atoms with van der Waals surface area (Å²) in [7, 11) is -2.28. The van der Waals surface area contributed by atoms with Crippen molar-refractivity contribution in [3.8, 4) is 17.2 Å². The summed E-state index contributed by atoms with van der Waals surface area (Å²) in [6, 6.07) is 11.2. The molecule has 0 saturated heterocycles. The molecule has 0 bridgehead atoms. The second kappa shape index (κ2) is 11.9. The zero-order valence-electron chi connectivity index (χ0n) is 22.0. The highest BCUT2D eigenvalue weighted by atomic mass is 32.2. The summed E-state index contributed by atoms with van der Waals surface area (Å²) >= 11 is 0. The molecule has 1 unspecified atom stereocenters. The van der Waals surface area contributed by atoms with Gasteiger partial charge in [-0.2, -0.15) is 0 Å². The van der Waals surface area contributed by atoms with Gasteiger partial charge in [-0.05, 0) is 49.6 Å². The van der Waals surface area contributed by atoms with Crippen LogP contribution >= 0.6 is 0 Å². The molecule has 2 aromatic rings. The Bertz CT molecular complexity index is 1240. The Labute approximate surface area is 223 Å². The highest BCUT2D eigenvalue weighted by Gasteiger charge is 2.32. The van der Waals surface area contributed by atoms with Crippen molar-refractivity contribution in [2.24, 2.45) is 0 Å². The first-order valence-electron chi connectivity index (χ1n) is 12.8. The third kappa shape index (κ3) is 6.69. The van der Waals surface area contributed by atoms with E-state index in [-0.39, 0.29) is 24.2 Å². The number of rotatable bonds is 10. The number of hydrogen-bond donors (Lipinski definition) is 1. The Morgan fingerprint density at radius 1 is 1.05 bits per heavy atom. The molecule has 1 aliphatic carbocycles. The van der Waals surface area contributed by atoms with Crippen LogP contribution in [-0.2, 0) is 26.2 Å². The molecule has 38 heavy (non-hydrogen) atoms. The Morgan fingerprint density at radius 3 is 2.34 bits per heavy atom. The number of ether oxygens (including phenoxy) is 3. The second-order valence-electron chi connectivity index (χ2n) is 9.63. The molecule has 1 saturated carbocycles. The molecule has 2 aromatic carbocycles. The first kappa shape index (κ1) is 27.6. The molecule has 11 heteroatoms. The average molecular weight is 546 g/mol. The van der Waals surface area contributed by atoms with Crippen molar-refractivity contribution in [3.05, 3.63) is 48.0 Å². The number of fused-ring (bicyclic) bond motifs is 1. The summed E-state index contributed by atoms with van der Waals surface area (Å²) in [4.78, 5) is 28.3. The predicted octanol–water partition coefficient (Wildman–Crippen LogP) is 2.71. The van der Waals surface area contributed by atoms with Gasteiger partial charge in [0, 0.05) is 18.7 Å². The van der Waals surface area contributed by atoms with Crippen molar-refractivity contribution in [2.75, 3.05) is 37.4 Å². The van der Waals surface area contributed by atoms with Gasteiger partial charge >= 0.3 is 0 Å². The minimum Gasteiger partial charge on any atom is -0.497 e. The van der Waals surface area contributed by atoms with Gasteiger partial charge in [0.05, 0.1) is 19.1 Å². The average Bonchev–Trinajstić information content (AvgIpc) is 3.42. The quantitative estimate of drug-likeness (QED) is 0.488. The van der Waals surface area contributed by atoms with Crippen molar-refractivity contribution in [1.29, 1.82) is 0 Å². The smallest absolute Gasteiger partial charge is 0.244 e. The molecule has 206 valence electrons. The standard InChI is InChI=1S/C27H35N3O7S/c1-19(27(32)28-21-6-4-5-7-21)29(17-20-8-11-23(35-2)12-9-20)26(31)18-30(38(3,33)34)22-10-13-24-25(16-22)37-15-14-36-24/h8-13,16,19,21H,4-7,14-15,17-18H2,1-3H3,(H,28,32). The van der Waals surface area contributed by atoms with E-state index in [1.807, 2.05) is 12.1 Å². The van der Waals surface area contributed by atoms with Crippen molar-refractivity contribution in [2.45, 2.75) is 51.2 Å². The number of carbonyl (C=O) groups excluding carboxylic acids is 2. The van der Waals surface area contributed by atoms with Gasteiger partial charge in [0.1, 0.15) is 31.5 Å². The number of nitrogens with zero attached hydrogens (tertiary/aromatic N) is 2. The number of sulfonamides is 1. The zero-order chi connectivity index (χ0) is 27.3. The van der Waals surface area contributed by atoms with Crippen molar-refractivity contribution < 1.29 is 32.2 Å². The number of anilines is 1. The Kier molecular flexibility index (Phi) is 8.65. The summed E-state index contributed by atoms with van der Waals surface area (Å²) in [5.41, 5.74) is 1.06. The Hall–Kier alpha value is -3.47. The highest BCUT2D eigenvalue weighted by molar-refractivity contribution is 7.92. The van der Waals surface area contributed by atoms with Crippen LogP contribution in [0.3, 0.4) is 0 Å². The monoisotopic (exact) mass is 545 g/mol. The first-order valence-corrected chi connectivity index (χ1v) is 14.6. The van der Waals surface area contributed by atoms with Gasteiger partial charge in [0.15, 0.2) is 11.5 Å². The third-order valence-corrected chi connectivity index (χ3v) is 8.01. The van der Waals surface area contributed by atoms with Crippen LogP contribution < -0.4 is 23.8 Å². The molecule has 1 fully saturated rings. The summed E-state index contributed by atoms with van der Waals surface area (Å²) in [5, 5.41) is 3.05. The fourth-order valence-corrected chi connectivity index (χ4v) is 5.54. The van der Waals surface area contributed by atoms with Crippen LogP contribution in [0.25, 0.3) is 0 Å². The maximum Gasteiger partial charge on any atom is 0.244 e. The van der Waals surface area contributed by atoms with Gasteiger partial charge in [-0.3, -0.25) is 13.9 Å². The summed E-state index contributed by atoms with van der Waals surface area (Å²) < 4.78 is 43.0. The van der Waals surface area contributed by atoms with Gasteiger partial charge in [0.25, 0.3) is 0 Å². The zero-order valence-corrected chi connectivity index (χ0v) is 22.8. The van der Waals surface area contributed by atoms with E-state index in [2.05, 4.69) is 5.32 Å². The second-order valence-corrected chi connectivity index (χ2v) is 11.5. The minimum atomic E-state index is -3.85. The molecule has 0 spiro atoms. The maximum absolute atomic E-state index is 13.7. The lowest BCUT2D eigenvalue weighted by atomic mass is 10.1. The topological polar surface area (TPSA) is 114 Å². The van der Waals surface area contributed by atoms with Crippen LogP contribution in [0, 0.1) is 0 Å². The van der Waals surface area contributed by atoms with Gasteiger partial charge in [-0.1, -0.05) is 25.0 Å². The summed E-state index contributed by atoms with van der Waals surface area (Å²) in [5.74, 6) is 0.826. The van der Waals surface area contributed by atoms with Crippen LogP contribution in [0.1, 0.15) is 38.2 Å². The molecule has 1 heterocycles. The number of benzene rings is 2. The first-order chi connectivity index (χ1) is 18.2.